The Labute approximate surface area is 109 Å². The van der Waals surface area contributed by atoms with Gasteiger partial charge in [-0.3, -0.25) is 4.79 Å². The van der Waals surface area contributed by atoms with Gasteiger partial charge in [0.15, 0.2) is 0 Å². The summed E-state index contributed by atoms with van der Waals surface area (Å²) in [5.74, 6) is -0.120. The molecule has 0 aliphatic heterocycles. The Hall–Kier alpha value is -1.55. The van der Waals surface area contributed by atoms with Crippen molar-refractivity contribution in [3.05, 3.63) is 23.8 Å². The first-order valence-corrected chi connectivity index (χ1v) is 6.30. The van der Waals surface area contributed by atoms with Gasteiger partial charge in [-0.1, -0.05) is 19.4 Å². The molecule has 1 aromatic rings. The minimum atomic E-state index is -0.431. The molecule has 0 fully saturated rings. The molecule has 0 spiro atoms. The lowest BCUT2D eigenvalue weighted by Crippen LogP contribution is -2.35. The summed E-state index contributed by atoms with van der Waals surface area (Å²) in [6.07, 6.45) is 1.61. The standard InChI is InChI=1S/C14H23N3O/c1-5-6-12(15)14(18)16-11-8-7-10(2)13(9-11)17(3)4/h7-9,12H,5-6,15H2,1-4H3,(H,16,18). The number of rotatable bonds is 5. The Balaban J connectivity index is 2.79. The first kappa shape index (κ1) is 14.5. The van der Waals surface area contributed by atoms with Gasteiger partial charge in [0.2, 0.25) is 5.91 Å². The van der Waals surface area contributed by atoms with Gasteiger partial charge in [-0.05, 0) is 31.0 Å². The summed E-state index contributed by atoms with van der Waals surface area (Å²) in [5.41, 5.74) is 8.84. The lowest BCUT2D eigenvalue weighted by atomic mass is 10.1. The maximum Gasteiger partial charge on any atom is 0.241 e. The van der Waals surface area contributed by atoms with Crippen molar-refractivity contribution >= 4 is 17.3 Å². The van der Waals surface area contributed by atoms with Gasteiger partial charge in [-0.25, -0.2) is 0 Å². The van der Waals surface area contributed by atoms with Crippen molar-refractivity contribution in [3.8, 4) is 0 Å². The van der Waals surface area contributed by atoms with Crippen molar-refractivity contribution in [1.29, 1.82) is 0 Å². The van der Waals surface area contributed by atoms with E-state index in [1.807, 2.05) is 51.0 Å². The molecule has 1 amide bonds. The molecule has 4 heteroatoms. The predicted octanol–water partition coefficient (Wildman–Crippen LogP) is 2.13. The summed E-state index contributed by atoms with van der Waals surface area (Å²) in [6, 6.07) is 5.43. The van der Waals surface area contributed by atoms with Crippen molar-refractivity contribution in [2.75, 3.05) is 24.3 Å². The van der Waals surface area contributed by atoms with Crippen LogP contribution >= 0.6 is 0 Å². The monoisotopic (exact) mass is 249 g/mol. The van der Waals surface area contributed by atoms with Gasteiger partial charge in [0, 0.05) is 25.5 Å². The molecule has 1 unspecified atom stereocenters. The SMILES string of the molecule is CCCC(N)C(=O)Nc1ccc(C)c(N(C)C)c1. The number of hydrogen-bond acceptors (Lipinski definition) is 3. The maximum atomic E-state index is 11.8. The lowest BCUT2D eigenvalue weighted by molar-refractivity contribution is -0.117. The zero-order valence-corrected chi connectivity index (χ0v) is 11.7. The van der Waals surface area contributed by atoms with Crippen LogP contribution in [0.5, 0.6) is 0 Å². The number of benzene rings is 1. The number of carbonyl (C=O) groups is 1. The average Bonchev–Trinajstić information content (AvgIpc) is 2.31. The average molecular weight is 249 g/mol. The number of nitrogens with one attached hydrogen (secondary N) is 1. The number of anilines is 2. The zero-order chi connectivity index (χ0) is 13.7. The highest BCUT2D eigenvalue weighted by Crippen LogP contribution is 2.22. The van der Waals surface area contributed by atoms with E-state index >= 15 is 0 Å². The first-order valence-electron chi connectivity index (χ1n) is 6.30. The molecule has 0 saturated heterocycles. The van der Waals surface area contributed by atoms with Crippen LogP contribution in [-0.2, 0) is 4.79 Å². The molecule has 4 nitrogen and oxygen atoms in total. The molecule has 3 N–H and O–H groups in total. The van der Waals surface area contributed by atoms with E-state index in [4.69, 9.17) is 5.73 Å². The first-order chi connectivity index (χ1) is 8.45. The summed E-state index contributed by atoms with van der Waals surface area (Å²) >= 11 is 0. The predicted molar refractivity (Wildman–Crippen MR) is 77.0 cm³/mol. The van der Waals surface area contributed by atoms with E-state index in [2.05, 4.69) is 5.32 Å². The van der Waals surface area contributed by atoms with Crippen LogP contribution in [0, 0.1) is 6.92 Å². The molecule has 0 aliphatic rings. The smallest absolute Gasteiger partial charge is 0.241 e. The van der Waals surface area contributed by atoms with Gasteiger partial charge in [0.05, 0.1) is 6.04 Å². The summed E-state index contributed by atoms with van der Waals surface area (Å²) in [7, 11) is 3.97. The summed E-state index contributed by atoms with van der Waals surface area (Å²) in [5, 5.41) is 2.86. The molecule has 0 bridgehead atoms. The molecule has 0 heterocycles. The van der Waals surface area contributed by atoms with E-state index in [0.29, 0.717) is 6.42 Å². The number of nitrogens with two attached hydrogens (primary N) is 1. The minimum Gasteiger partial charge on any atom is -0.377 e. The Morgan fingerprint density at radius 3 is 2.67 bits per heavy atom. The Morgan fingerprint density at radius 1 is 1.44 bits per heavy atom. The second-order valence-electron chi connectivity index (χ2n) is 4.78. The van der Waals surface area contributed by atoms with Gasteiger partial charge < -0.3 is 16.0 Å². The van der Waals surface area contributed by atoms with Crippen molar-refractivity contribution in [3.63, 3.8) is 0 Å². The Kier molecular flexibility index (Phi) is 5.16. The highest BCUT2D eigenvalue weighted by Gasteiger charge is 2.13. The van der Waals surface area contributed by atoms with Gasteiger partial charge in [0.1, 0.15) is 0 Å². The van der Waals surface area contributed by atoms with Crippen molar-refractivity contribution < 1.29 is 4.79 Å². The van der Waals surface area contributed by atoms with E-state index in [1.54, 1.807) is 0 Å². The van der Waals surface area contributed by atoms with E-state index in [-0.39, 0.29) is 5.91 Å². The van der Waals surface area contributed by atoms with Crippen molar-refractivity contribution in [2.45, 2.75) is 32.7 Å². The normalized spacial score (nSPS) is 12.1. The maximum absolute atomic E-state index is 11.8. The molecular weight excluding hydrogens is 226 g/mol. The Morgan fingerprint density at radius 2 is 2.11 bits per heavy atom. The highest BCUT2D eigenvalue weighted by atomic mass is 16.2. The van der Waals surface area contributed by atoms with Crippen LogP contribution in [0.4, 0.5) is 11.4 Å². The van der Waals surface area contributed by atoms with E-state index in [0.717, 1.165) is 17.8 Å². The molecule has 0 radical (unpaired) electrons. The Bertz CT molecular complexity index is 416. The highest BCUT2D eigenvalue weighted by molar-refractivity contribution is 5.95. The third-order valence-corrected chi connectivity index (χ3v) is 2.89. The summed E-state index contributed by atoms with van der Waals surface area (Å²) in [6.45, 7) is 4.06. The molecule has 0 aliphatic carbocycles. The van der Waals surface area contributed by atoms with E-state index in [1.165, 1.54) is 5.56 Å². The van der Waals surface area contributed by atoms with Crippen LogP contribution in [0.2, 0.25) is 0 Å². The van der Waals surface area contributed by atoms with Gasteiger partial charge in [0.25, 0.3) is 0 Å². The fourth-order valence-electron chi connectivity index (χ4n) is 1.85. The van der Waals surface area contributed by atoms with Crippen LogP contribution < -0.4 is 16.0 Å². The van der Waals surface area contributed by atoms with Crippen LogP contribution in [0.25, 0.3) is 0 Å². The number of aryl methyl sites for hydroxylation is 1. The molecule has 1 rings (SSSR count). The van der Waals surface area contributed by atoms with Gasteiger partial charge in [-0.15, -0.1) is 0 Å². The number of carbonyl (C=O) groups excluding carboxylic acids is 1. The second kappa shape index (κ2) is 6.40. The van der Waals surface area contributed by atoms with Crippen LogP contribution in [0.15, 0.2) is 18.2 Å². The lowest BCUT2D eigenvalue weighted by Gasteiger charge is -2.18. The quantitative estimate of drug-likeness (QED) is 0.840. The number of amides is 1. The summed E-state index contributed by atoms with van der Waals surface area (Å²) < 4.78 is 0. The minimum absolute atomic E-state index is 0.120. The molecule has 1 atom stereocenters. The third-order valence-electron chi connectivity index (χ3n) is 2.89. The van der Waals surface area contributed by atoms with Gasteiger partial charge in [-0.2, -0.15) is 0 Å². The molecule has 100 valence electrons. The number of nitrogens with zero attached hydrogens (tertiary/aromatic N) is 1. The van der Waals surface area contributed by atoms with Gasteiger partial charge >= 0.3 is 0 Å². The van der Waals surface area contributed by atoms with E-state index in [9.17, 15) is 4.79 Å². The van der Waals surface area contributed by atoms with Crippen LogP contribution in [0.3, 0.4) is 0 Å². The fourth-order valence-corrected chi connectivity index (χ4v) is 1.85. The van der Waals surface area contributed by atoms with Crippen LogP contribution in [0.1, 0.15) is 25.3 Å². The summed E-state index contributed by atoms with van der Waals surface area (Å²) in [4.78, 5) is 13.8. The molecule has 0 saturated carbocycles. The fraction of sp³-hybridized carbons (Fsp3) is 0.500. The molecular formula is C14H23N3O. The molecule has 1 aromatic carbocycles. The zero-order valence-electron chi connectivity index (χ0n) is 11.7. The molecule has 18 heavy (non-hydrogen) atoms. The largest absolute Gasteiger partial charge is 0.377 e. The topological polar surface area (TPSA) is 58.4 Å². The number of hydrogen-bond donors (Lipinski definition) is 2. The van der Waals surface area contributed by atoms with Crippen molar-refractivity contribution in [1.82, 2.24) is 0 Å². The third kappa shape index (κ3) is 3.74. The molecule has 0 aromatic heterocycles. The van der Waals surface area contributed by atoms with E-state index < -0.39 is 6.04 Å². The van der Waals surface area contributed by atoms with Crippen LogP contribution in [-0.4, -0.2) is 26.0 Å². The second-order valence-corrected chi connectivity index (χ2v) is 4.78. The van der Waals surface area contributed by atoms with Crippen molar-refractivity contribution in [2.24, 2.45) is 5.73 Å².